The van der Waals surface area contributed by atoms with Crippen LogP contribution in [0.25, 0.3) is 0 Å². The summed E-state index contributed by atoms with van der Waals surface area (Å²) in [5.41, 5.74) is 0. The molecule has 0 aromatic rings. The summed E-state index contributed by atoms with van der Waals surface area (Å²) in [6, 6.07) is 0. The van der Waals surface area contributed by atoms with Crippen molar-refractivity contribution in [3.8, 4) is 0 Å². The zero-order valence-corrected chi connectivity index (χ0v) is 9.82. The normalized spacial score (nSPS) is 10.8. The molecule has 0 heterocycles. The van der Waals surface area contributed by atoms with Crippen molar-refractivity contribution in [2.24, 2.45) is 0 Å². The van der Waals surface area contributed by atoms with E-state index < -0.39 is 0 Å². The van der Waals surface area contributed by atoms with E-state index in [0.717, 1.165) is 25.3 Å². The van der Waals surface area contributed by atoms with Crippen molar-refractivity contribution in [3.05, 3.63) is 0 Å². The number of thioether (sulfide) groups is 1. The van der Waals surface area contributed by atoms with Gasteiger partial charge in [-0.05, 0) is 19.5 Å². The first kappa shape index (κ1) is 13.0. The number of carbonyl (C=O) groups is 1. The lowest BCUT2D eigenvalue weighted by Gasteiger charge is -2.16. The maximum Gasteiger partial charge on any atom is 0.202 e. The molecule has 13 heavy (non-hydrogen) atoms. The van der Waals surface area contributed by atoms with Gasteiger partial charge in [-0.1, -0.05) is 39.0 Å². The standard InChI is InChI=1S/C10H21NOS/c1-4-7-8-13-10(12)9-11(5-2)6-3/h4-9H2,1-3H3. The van der Waals surface area contributed by atoms with Crippen LogP contribution in [0.2, 0.25) is 0 Å². The topological polar surface area (TPSA) is 20.3 Å². The maximum absolute atomic E-state index is 11.4. The second-order valence-electron chi connectivity index (χ2n) is 3.04. The van der Waals surface area contributed by atoms with Crippen LogP contribution in [0.5, 0.6) is 0 Å². The highest BCUT2D eigenvalue weighted by Crippen LogP contribution is 2.06. The third kappa shape index (κ3) is 7.08. The van der Waals surface area contributed by atoms with Crippen LogP contribution < -0.4 is 0 Å². The first-order chi connectivity index (χ1) is 6.24. The van der Waals surface area contributed by atoms with Crippen LogP contribution in [0.15, 0.2) is 0 Å². The molecular weight excluding hydrogens is 182 g/mol. The number of carbonyl (C=O) groups excluding carboxylic acids is 1. The minimum Gasteiger partial charge on any atom is -0.296 e. The summed E-state index contributed by atoms with van der Waals surface area (Å²) in [4.78, 5) is 13.5. The molecule has 0 aliphatic heterocycles. The molecule has 0 saturated heterocycles. The third-order valence-electron chi connectivity index (χ3n) is 2.01. The molecule has 0 aromatic heterocycles. The van der Waals surface area contributed by atoms with Crippen molar-refractivity contribution in [1.29, 1.82) is 0 Å². The minimum absolute atomic E-state index is 0.317. The average Bonchev–Trinajstić information content (AvgIpc) is 2.14. The van der Waals surface area contributed by atoms with E-state index in [-0.39, 0.29) is 0 Å². The van der Waals surface area contributed by atoms with Crippen LogP contribution in [0.3, 0.4) is 0 Å². The van der Waals surface area contributed by atoms with E-state index in [0.29, 0.717) is 11.7 Å². The summed E-state index contributed by atoms with van der Waals surface area (Å²) in [6.07, 6.45) is 2.32. The largest absolute Gasteiger partial charge is 0.296 e. The molecule has 0 saturated carbocycles. The first-order valence-electron chi connectivity index (χ1n) is 5.12. The van der Waals surface area contributed by atoms with E-state index in [1.165, 1.54) is 18.2 Å². The summed E-state index contributed by atoms with van der Waals surface area (Å²) < 4.78 is 0. The molecule has 0 amide bonds. The van der Waals surface area contributed by atoms with Gasteiger partial charge in [0.1, 0.15) is 0 Å². The number of nitrogens with zero attached hydrogens (tertiary/aromatic N) is 1. The molecule has 0 unspecified atom stereocenters. The van der Waals surface area contributed by atoms with E-state index in [1.807, 2.05) is 0 Å². The smallest absolute Gasteiger partial charge is 0.202 e. The number of rotatable bonds is 7. The molecule has 0 spiro atoms. The lowest BCUT2D eigenvalue weighted by Crippen LogP contribution is -2.28. The Hall–Kier alpha value is -0.0200. The molecule has 0 aromatic carbocycles. The fourth-order valence-electron chi connectivity index (χ4n) is 1.01. The Labute approximate surface area is 86.1 Å². The van der Waals surface area contributed by atoms with Crippen LogP contribution in [-0.2, 0) is 4.79 Å². The lowest BCUT2D eigenvalue weighted by molar-refractivity contribution is -0.111. The summed E-state index contributed by atoms with van der Waals surface area (Å²) in [5.74, 6) is 0.983. The molecule has 3 heteroatoms. The van der Waals surface area contributed by atoms with Crippen LogP contribution in [0, 0.1) is 0 Å². The van der Waals surface area contributed by atoms with Gasteiger partial charge in [-0.25, -0.2) is 0 Å². The minimum atomic E-state index is 0.317. The van der Waals surface area contributed by atoms with Crippen LogP contribution in [-0.4, -0.2) is 35.4 Å². The molecule has 0 rings (SSSR count). The summed E-state index contributed by atoms with van der Waals surface area (Å²) in [7, 11) is 0. The van der Waals surface area contributed by atoms with Crippen LogP contribution in [0.1, 0.15) is 33.6 Å². The Bertz CT molecular complexity index is 135. The van der Waals surface area contributed by atoms with Crippen molar-refractivity contribution >= 4 is 16.9 Å². The zero-order chi connectivity index (χ0) is 10.1. The first-order valence-corrected chi connectivity index (χ1v) is 6.11. The highest BCUT2D eigenvalue weighted by Gasteiger charge is 2.06. The fraction of sp³-hybridized carbons (Fsp3) is 0.900. The number of hydrogen-bond donors (Lipinski definition) is 0. The van der Waals surface area contributed by atoms with E-state index >= 15 is 0 Å². The van der Waals surface area contributed by atoms with Gasteiger partial charge in [0.2, 0.25) is 5.12 Å². The maximum atomic E-state index is 11.4. The molecule has 2 nitrogen and oxygen atoms in total. The van der Waals surface area contributed by atoms with Crippen LogP contribution in [0.4, 0.5) is 0 Å². The lowest BCUT2D eigenvalue weighted by atomic mass is 10.4. The molecule has 0 aliphatic carbocycles. The second-order valence-corrected chi connectivity index (χ2v) is 4.19. The van der Waals surface area contributed by atoms with Gasteiger partial charge in [0.25, 0.3) is 0 Å². The molecule has 0 bridgehead atoms. The molecule has 0 atom stereocenters. The molecule has 0 N–H and O–H groups in total. The van der Waals surface area contributed by atoms with Crippen molar-refractivity contribution < 1.29 is 4.79 Å². The molecule has 0 radical (unpaired) electrons. The molecule has 0 fully saturated rings. The highest BCUT2D eigenvalue weighted by atomic mass is 32.2. The second kappa shape index (κ2) is 8.57. The molecule has 0 aliphatic rings. The highest BCUT2D eigenvalue weighted by molar-refractivity contribution is 8.13. The SMILES string of the molecule is CCCCSC(=O)CN(CC)CC. The molecular formula is C10H21NOS. The number of unbranched alkanes of at least 4 members (excludes halogenated alkanes) is 1. The Balaban J connectivity index is 3.48. The predicted molar refractivity (Wildman–Crippen MR) is 60.2 cm³/mol. The van der Waals surface area contributed by atoms with Gasteiger partial charge in [-0.2, -0.15) is 0 Å². The Morgan fingerprint density at radius 1 is 1.23 bits per heavy atom. The fourth-order valence-corrected chi connectivity index (χ4v) is 1.94. The quantitative estimate of drug-likeness (QED) is 0.593. The van der Waals surface area contributed by atoms with Crippen molar-refractivity contribution in [3.63, 3.8) is 0 Å². The van der Waals surface area contributed by atoms with Crippen LogP contribution >= 0.6 is 11.8 Å². The van der Waals surface area contributed by atoms with E-state index in [1.54, 1.807) is 0 Å². The number of likely N-dealkylation sites (N-methyl/N-ethyl adjacent to an activating group) is 1. The Morgan fingerprint density at radius 2 is 1.85 bits per heavy atom. The van der Waals surface area contributed by atoms with E-state index in [2.05, 4.69) is 25.7 Å². The monoisotopic (exact) mass is 203 g/mol. The van der Waals surface area contributed by atoms with Crippen molar-refractivity contribution in [1.82, 2.24) is 4.90 Å². The van der Waals surface area contributed by atoms with Gasteiger partial charge in [-0.15, -0.1) is 0 Å². The van der Waals surface area contributed by atoms with Gasteiger partial charge in [0, 0.05) is 5.75 Å². The van der Waals surface area contributed by atoms with Gasteiger partial charge >= 0.3 is 0 Å². The van der Waals surface area contributed by atoms with Gasteiger partial charge in [-0.3, -0.25) is 9.69 Å². The average molecular weight is 203 g/mol. The Morgan fingerprint density at radius 3 is 2.31 bits per heavy atom. The van der Waals surface area contributed by atoms with Crippen molar-refractivity contribution in [2.75, 3.05) is 25.4 Å². The van der Waals surface area contributed by atoms with Gasteiger partial charge in [0.05, 0.1) is 6.54 Å². The summed E-state index contributed by atoms with van der Waals surface area (Å²) in [5, 5.41) is 0.317. The third-order valence-corrected chi connectivity index (χ3v) is 2.95. The van der Waals surface area contributed by atoms with E-state index in [9.17, 15) is 4.79 Å². The predicted octanol–water partition coefficient (Wildman–Crippen LogP) is 2.39. The van der Waals surface area contributed by atoms with E-state index in [4.69, 9.17) is 0 Å². The summed E-state index contributed by atoms with van der Waals surface area (Å²) >= 11 is 1.48. The summed E-state index contributed by atoms with van der Waals surface area (Å²) in [6.45, 7) is 8.88. The van der Waals surface area contributed by atoms with Crippen molar-refractivity contribution in [2.45, 2.75) is 33.6 Å². The Kier molecular flexibility index (Phi) is 8.56. The molecule has 78 valence electrons. The van der Waals surface area contributed by atoms with Gasteiger partial charge in [0.15, 0.2) is 0 Å². The van der Waals surface area contributed by atoms with Gasteiger partial charge < -0.3 is 0 Å². The number of hydrogen-bond acceptors (Lipinski definition) is 3. The zero-order valence-electron chi connectivity index (χ0n) is 9.01.